The van der Waals surface area contributed by atoms with Crippen LogP contribution in [-0.2, 0) is 6.54 Å². The van der Waals surface area contributed by atoms with Crippen LogP contribution in [0.5, 0.6) is 17.4 Å². The highest BCUT2D eigenvalue weighted by Gasteiger charge is 2.07. The summed E-state index contributed by atoms with van der Waals surface area (Å²) in [4.78, 5) is 4.21. The van der Waals surface area contributed by atoms with Gasteiger partial charge < -0.3 is 15.2 Å². The molecule has 1 heterocycles. The second kappa shape index (κ2) is 6.20. The molecule has 0 saturated carbocycles. The molecule has 0 saturated heterocycles. The molecule has 2 rings (SSSR count). The molecular formula is C15H18N2O2. The first-order valence-electron chi connectivity index (χ1n) is 6.29. The molecule has 0 fully saturated rings. The van der Waals surface area contributed by atoms with Crippen molar-refractivity contribution in [1.29, 1.82) is 0 Å². The van der Waals surface area contributed by atoms with Crippen molar-refractivity contribution in [3.05, 3.63) is 47.7 Å². The van der Waals surface area contributed by atoms with Crippen molar-refractivity contribution >= 4 is 0 Å². The van der Waals surface area contributed by atoms with Crippen molar-refractivity contribution in [3.63, 3.8) is 0 Å². The smallest absolute Gasteiger partial charge is 0.219 e. The Balaban J connectivity index is 2.25. The molecular weight excluding hydrogens is 240 g/mol. The van der Waals surface area contributed by atoms with Crippen LogP contribution >= 0.6 is 0 Å². The maximum Gasteiger partial charge on any atom is 0.219 e. The van der Waals surface area contributed by atoms with Crippen molar-refractivity contribution in [1.82, 2.24) is 4.98 Å². The van der Waals surface area contributed by atoms with Crippen LogP contribution in [-0.4, -0.2) is 11.6 Å². The lowest BCUT2D eigenvalue weighted by Crippen LogP contribution is -2.00. The highest BCUT2D eigenvalue weighted by atomic mass is 16.5. The van der Waals surface area contributed by atoms with Gasteiger partial charge in [-0.25, -0.2) is 4.98 Å². The topological polar surface area (TPSA) is 57.4 Å². The largest absolute Gasteiger partial charge is 0.490 e. The first-order valence-corrected chi connectivity index (χ1v) is 6.29. The number of ether oxygens (including phenoxy) is 2. The van der Waals surface area contributed by atoms with Gasteiger partial charge in [-0.2, -0.15) is 0 Å². The van der Waals surface area contributed by atoms with Gasteiger partial charge >= 0.3 is 0 Å². The Morgan fingerprint density at radius 3 is 2.63 bits per heavy atom. The van der Waals surface area contributed by atoms with Gasteiger partial charge in [0.05, 0.1) is 6.61 Å². The number of benzene rings is 1. The molecule has 0 aliphatic heterocycles. The standard InChI is InChI=1S/C15H18N2O2/c1-3-18-14-8-12(9-16)5-6-13(14)19-15-7-4-11(2)10-17-15/h4-8,10H,3,9,16H2,1-2H3. The molecule has 0 atom stereocenters. The van der Waals surface area contributed by atoms with Crippen LogP contribution < -0.4 is 15.2 Å². The minimum Gasteiger partial charge on any atom is -0.490 e. The fourth-order valence-electron chi connectivity index (χ4n) is 1.66. The van der Waals surface area contributed by atoms with E-state index in [1.165, 1.54) is 0 Å². The van der Waals surface area contributed by atoms with Crippen molar-refractivity contribution < 1.29 is 9.47 Å². The minimum atomic E-state index is 0.475. The SMILES string of the molecule is CCOc1cc(CN)ccc1Oc1ccc(C)cn1. The summed E-state index contributed by atoms with van der Waals surface area (Å²) in [5, 5.41) is 0. The molecule has 4 heteroatoms. The van der Waals surface area contributed by atoms with Crippen molar-refractivity contribution in [2.45, 2.75) is 20.4 Å². The van der Waals surface area contributed by atoms with Gasteiger partial charge in [-0.3, -0.25) is 0 Å². The summed E-state index contributed by atoms with van der Waals surface area (Å²) in [5.41, 5.74) is 7.73. The highest BCUT2D eigenvalue weighted by Crippen LogP contribution is 2.31. The third-order valence-electron chi connectivity index (χ3n) is 2.64. The van der Waals surface area contributed by atoms with Crippen molar-refractivity contribution in [3.8, 4) is 17.4 Å². The van der Waals surface area contributed by atoms with Crippen LogP contribution in [0.1, 0.15) is 18.1 Å². The molecule has 0 amide bonds. The first-order chi connectivity index (χ1) is 9.22. The maximum atomic E-state index is 5.74. The molecule has 19 heavy (non-hydrogen) atoms. The highest BCUT2D eigenvalue weighted by molar-refractivity contribution is 5.44. The van der Waals surface area contributed by atoms with E-state index in [1.807, 2.05) is 44.2 Å². The fourth-order valence-corrected chi connectivity index (χ4v) is 1.66. The Morgan fingerprint density at radius 2 is 2.00 bits per heavy atom. The number of hydrogen-bond donors (Lipinski definition) is 1. The summed E-state index contributed by atoms with van der Waals surface area (Å²) in [7, 11) is 0. The van der Waals surface area contributed by atoms with Gasteiger partial charge in [0.25, 0.3) is 0 Å². The average Bonchev–Trinajstić information content (AvgIpc) is 2.43. The van der Waals surface area contributed by atoms with Gasteiger partial charge in [0.2, 0.25) is 5.88 Å². The lowest BCUT2D eigenvalue weighted by Gasteiger charge is -2.12. The molecule has 0 spiro atoms. The minimum absolute atomic E-state index is 0.475. The van der Waals surface area contributed by atoms with Gasteiger partial charge in [0.15, 0.2) is 11.5 Å². The molecule has 0 radical (unpaired) electrons. The number of hydrogen-bond acceptors (Lipinski definition) is 4. The zero-order valence-electron chi connectivity index (χ0n) is 11.2. The number of rotatable bonds is 5. The predicted octanol–water partition coefficient (Wildman–Crippen LogP) is 3.04. The lowest BCUT2D eigenvalue weighted by atomic mass is 10.2. The second-order valence-electron chi connectivity index (χ2n) is 4.19. The van der Waals surface area contributed by atoms with Crippen molar-refractivity contribution in [2.75, 3.05) is 6.61 Å². The van der Waals surface area contributed by atoms with E-state index in [0.29, 0.717) is 30.5 Å². The van der Waals surface area contributed by atoms with Crippen LogP contribution in [0.2, 0.25) is 0 Å². The number of nitrogens with zero attached hydrogens (tertiary/aromatic N) is 1. The van der Waals surface area contributed by atoms with Gasteiger partial charge in [-0.15, -0.1) is 0 Å². The molecule has 0 bridgehead atoms. The molecule has 1 aromatic carbocycles. The monoisotopic (exact) mass is 258 g/mol. The van der Waals surface area contributed by atoms with E-state index in [2.05, 4.69) is 4.98 Å². The molecule has 1 aromatic heterocycles. The van der Waals surface area contributed by atoms with Crippen LogP contribution in [0.25, 0.3) is 0 Å². The van der Waals surface area contributed by atoms with Gasteiger partial charge in [-0.05, 0) is 37.1 Å². The third-order valence-corrected chi connectivity index (χ3v) is 2.64. The molecule has 4 nitrogen and oxygen atoms in total. The van der Waals surface area contributed by atoms with E-state index in [-0.39, 0.29) is 0 Å². The number of aryl methyl sites for hydroxylation is 1. The van der Waals surface area contributed by atoms with E-state index < -0.39 is 0 Å². The number of aromatic nitrogens is 1. The third kappa shape index (κ3) is 3.45. The Morgan fingerprint density at radius 1 is 1.16 bits per heavy atom. The average molecular weight is 258 g/mol. The quantitative estimate of drug-likeness (QED) is 0.895. The Labute approximate surface area is 113 Å². The Bertz CT molecular complexity index is 538. The van der Waals surface area contributed by atoms with Gasteiger partial charge in [0.1, 0.15) is 0 Å². The molecule has 2 aromatic rings. The zero-order valence-corrected chi connectivity index (χ0v) is 11.2. The summed E-state index contributed by atoms with van der Waals surface area (Å²) in [6, 6.07) is 9.46. The van der Waals surface area contributed by atoms with Crippen LogP contribution in [0.4, 0.5) is 0 Å². The normalized spacial score (nSPS) is 10.3. The van der Waals surface area contributed by atoms with E-state index in [4.69, 9.17) is 15.2 Å². The van der Waals surface area contributed by atoms with E-state index >= 15 is 0 Å². The summed E-state index contributed by atoms with van der Waals surface area (Å²) >= 11 is 0. The number of pyridine rings is 1. The Hall–Kier alpha value is -2.07. The summed E-state index contributed by atoms with van der Waals surface area (Å²) in [5.74, 6) is 1.88. The van der Waals surface area contributed by atoms with Crippen LogP contribution in [0.3, 0.4) is 0 Å². The predicted molar refractivity (Wildman–Crippen MR) is 74.6 cm³/mol. The van der Waals surface area contributed by atoms with E-state index in [9.17, 15) is 0 Å². The summed E-state index contributed by atoms with van der Waals surface area (Å²) < 4.78 is 11.3. The molecule has 0 unspecified atom stereocenters. The first kappa shape index (κ1) is 13.4. The van der Waals surface area contributed by atoms with Gasteiger partial charge in [-0.1, -0.05) is 12.1 Å². The van der Waals surface area contributed by atoms with Gasteiger partial charge in [0, 0.05) is 18.8 Å². The second-order valence-corrected chi connectivity index (χ2v) is 4.19. The lowest BCUT2D eigenvalue weighted by molar-refractivity contribution is 0.319. The molecule has 0 aliphatic carbocycles. The summed E-state index contributed by atoms with van der Waals surface area (Å²) in [6.07, 6.45) is 1.77. The summed E-state index contributed by atoms with van der Waals surface area (Å²) in [6.45, 7) is 4.97. The number of nitrogens with two attached hydrogens (primary N) is 1. The molecule has 100 valence electrons. The Kier molecular flexibility index (Phi) is 4.36. The molecule has 0 aliphatic rings. The zero-order chi connectivity index (χ0) is 13.7. The van der Waals surface area contributed by atoms with Crippen LogP contribution in [0.15, 0.2) is 36.5 Å². The van der Waals surface area contributed by atoms with Crippen molar-refractivity contribution in [2.24, 2.45) is 5.73 Å². The van der Waals surface area contributed by atoms with Crippen LogP contribution in [0, 0.1) is 6.92 Å². The van der Waals surface area contributed by atoms with E-state index in [0.717, 1.165) is 11.1 Å². The fraction of sp³-hybridized carbons (Fsp3) is 0.267. The van der Waals surface area contributed by atoms with E-state index in [1.54, 1.807) is 6.20 Å². The molecule has 2 N–H and O–H groups in total. The maximum absolute atomic E-state index is 5.74.